The highest BCUT2D eigenvalue weighted by Crippen LogP contribution is 2.14. The molecule has 0 aliphatic carbocycles. The first-order valence-electron chi connectivity index (χ1n) is 6.57. The van der Waals surface area contributed by atoms with Crippen molar-refractivity contribution in [1.82, 2.24) is 4.90 Å². The minimum atomic E-state index is -0.421. The Labute approximate surface area is 115 Å². The van der Waals surface area contributed by atoms with E-state index in [0.717, 1.165) is 11.3 Å². The molecule has 4 heteroatoms. The highest BCUT2D eigenvalue weighted by Gasteiger charge is 2.19. The van der Waals surface area contributed by atoms with Crippen molar-refractivity contribution < 1.29 is 9.53 Å². The van der Waals surface area contributed by atoms with Gasteiger partial charge in [-0.15, -0.1) is 0 Å². The van der Waals surface area contributed by atoms with Gasteiger partial charge in [-0.3, -0.25) is 4.79 Å². The van der Waals surface area contributed by atoms with Crippen LogP contribution in [0.1, 0.15) is 25.8 Å². The number of carbonyl (C=O) groups is 1. The van der Waals surface area contributed by atoms with Gasteiger partial charge in [0.1, 0.15) is 5.75 Å². The number of hydrogen-bond acceptors (Lipinski definition) is 3. The van der Waals surface area contributed by atoms with Crippen molar-refractivity contribution >= 4 is 5.91 Å². The molecule has 106 valence electrons. The molecule has 0 aromatic heterocycles. The van der Waals surface area contributed by atoms with Crippen molar-refractivity contribution in [2.45, 2.75) is 32.9 Å². The minimum absolute atomic E-state index is 0.0171. The number of nitrogens with two attached hydrogens (primary N) is 1. The maximum atomic E-state index is 12.1. The standard InChI is InChI=1S/C15H24N2O2/c1-11(2)8-14(16)15(18)17(3)10-12-6-5-7-13(9-12)19-4/h5-7,9,11,14H,8,10,16H2,1-4H3/t14-/m0/s1. The van der Waals surface area contributed by atoms with Crippen LogP contribution in [0.5, 0.6) is 5.75 Å². The fourth-order valence-electron chi connectivity index (χ4n) is 2.01. The van der Waals surface area contributed by atoms with E-state index < -0.39 is 6.04 Å². The van der Waals surface area contributed by atoms with Gasteiger partial charge in [0.05, 0.1) is 13.2 Å². The van der Waals surface area contributed by atoms with Crippen molar-refractivity contribution in [3.63, 3.8) is 0 Å². The van der Waals surface area contributed by atoms with Crippen molar-refractivity contribution in [2.24, 2.45) is 11.7 Å². The monoisotopic (exact) mass is 264 g/mol. The molecule has 1 rings (SSSR count). The molecule has 1 atom stereocenters. The Morgan fingerprint density at radius 1 is 1.42 bits per heavy atom. The first-order valence-corrected chi connectivity index (χ1v) is 6.57. The fourth-order valence-corrected chi connectivity index (χ4v) is 2.01. The number of methoxy groups -OCH3 is 1. The third kappa shape index (κ3) is 4.91. The quantitative estimate of drug-likeness (QED) is 0.855. The summed E-state index contributed by atoms with van der Waals surface area (Å²) in [7, 11) is 3.41. The van der Waals surface area contributed by atoms with Crippen molar-refractivity contribution in [1.29, 1.82) is 0 Å². The number of benzene rings is 1. The van der Waals surface area contributed by atoms with Crippen LogP contribution in [-0.2, 0) is 11.3 Å². The Kier molecular flexibility index (Phi) is 5.83. The van der Waals surface area contributed by atoms with Crippen LogP contribution in [0.3, 0.4) is 0 Å². The molecule has 1 aromatic carbocycles. The normalized spacial score (nSPS) is 12.3. The highest BCUT2D eigenvalue weighted by molar-refractivity contribution is 5.81. The molecule has 0 radical (unpaired) electrons. The average Bonchev–Trinajstić information content (AvgIpc) is 2.37. The molecule has 1 aromatic rings. The van der Waals surface area contributed by atoms with Crippen LogP contribution in [0.15, 0.2) is 24.3 Å². The predicted octanol–water partition coefficient (Wildman–Crippen LogP) is 2.03. The molecule has 0 aliphatic rings. The second kappa shape index (κ2) is 7.14. The van der Waals surface area contributed by atoms with Gasteiger partial charge in [0.15, 0.2) is 0 Å². The average molecular weight is 264 g/mol. The van der Waals surface area contributed by atoms with Gasteiger partial charge in [-0.2, -0.15) is 0 Å². The molecule has 0 bridgehead atoms. The Hall–Kier alpha value is -1.55. The Morgan fingerprint density at radius 3 is 2.68 bits per heavy atom. The summed E-state index contributed by atoms with van der Waals surface area (Å²) in [6, 6.07) is 7.28. The zero-order valence-corrected chi connectivity index (χ0v) is 12.2. The molecule has 0 heterocycles. The van der Waals surface area contributed by atoms with E-state index in [1.807, 2.05) is 24.3 Å². The molecule has 0 unspecified atom stereocenters. The second-order valence-electron chi connectivity index (χ2n) is 5.28. The van der Waals surface area contributed by atoms with Gasteiger partial charge in [0.2, 0.25) is 5.91 Å². The lowest BCUT2D eigenvalue weighted by atomic mass is 10.0. The van der Waals surface area contributed by atoms with E-state index in [2.05, 4.69) is 13.8 Å². The number of hydrogen-bond donors (Lipinski definition) is 1. The Balaban J connectivity index is 2.62. The van der Waals surface area contributed by atoms with E-state index in [1.54, 1.807) is 19.1 Å². The molecule has 19 heavy (non-hydrogen) atoms. The van der Waals surface area contributed by atoms with Crippen LogP contribution in [-0.4, -0.2) is 31.0 Å². The molecule has 0 spiro atoms. The highest BCUT2D eigenvalue weighted by atomic mass is 16.5. The molecule has 0 saturated carbocycles. The fraction of sp³-hybridized carbons (Fsp3) is 0.533. The Morgan fingerprint density at radius 2 is 2.11 bits per heavy atom. The molecule has 0 fully saturated rings. The first kappa shape index (κ1) is 15.5. The molecule has 2 N–H and O–H groups in total. The van der Waals surface area contributed by atoms with E-state index in [1.165, 1.54) is 0 Å². The van der Waals surface area contributed by atoms with E-state index in [-0.39, 0.29) is 5.91 Å². The van der Waals surface area contributed by atoms with Crippen molar-refractivity contribution in [3.8, 4) is 5.75 Å². The summed E-state index contributed by atoms with van der Waals surface area (Å²) in [6.07, 6.45) is 0.710. The van der Waals surface area contributed by atoms with Crippen LogP contribution in [0, 0.1) is 5.92 Å². The summed E-state index contributed by atoms with van der Waals surface area (Å²) in [4.78, 5) is 13.8. The Bertz CT molecular complexity index is 418. The number of amides is 1. The third-order valence-electron chi connectivity index (χ3n) is 2.97. The first-order chi connectivity index (χ1) is 8.93. The van der Waals surface area contributed by atoms with Crippen LogP contribution >= 0.6 is 0 Å². The number of rotatable bonds is 6. The zero-order valence-electron chi connectivity index (χ0n) is 12.2. The number of carbonyl (C=O) groups excluding carboxylic acids is 1. The maximum Gasteiger partial charge on any atom is 0.239 e. The van der Waals surface area contributed by atoms with E-state index in [4.69, 9.17) is 10.5 Å². The van der Waals surface area contributed by atoms with Gasteiger partial charge >= 0.3 is 0 Å². The molecule has 0 saturated heterocycles. The predicted molar refractivity (Wildman–Crippen MR) is 76.9 cm³/mol. The SMILES string of the molecule is COc1cccc(CN(C)C(=O)[C@@H](N)CC(C)C)c1. The van der Waals surface area contributed by atoms with E-state index in [0.29, 0.717) is 18.9 Å². The minimum Gasteiger partial charge on any atom is -0.497 e. The van der Waals surface area contributed by atoms with Crippen molar-refractivity contribution in [3.05, 3.63) is 29.8 Å². The summed E-state index contributed by atoms with van der Waals surface area (Å²) in [5.41, 5.74) is 6.95. The second-order valence-corrected chi connectivity index (χ2v) is 5.28. The largest absolute Gasteiger partial charge is 0.497 e. The summed E-state index contributed by atoms with van der Waals surface area (Å²) in [6.45, 7) is 4.67. The van der Waals surface area contributed by atoms with E-state index in [9.17, 15) is 4.79 Å². The van der Waals surface area contributed by atoms with Gasteiger partial charge in [-0.25, -0.2) is 0 Å². The third-order valence-corrected chi connectivity index (χ3v) is 2.97. The lowest BCUT2D eigenvalue weighted by molar-refractivity contribution is -0.132. The summed E-state index contributed by atoms with van der Waals surface area (Å²) in [5, 5.41) is 0. The molecule has 0 aliphatic heterocycles. The van der Waals surface area contributed by atoms with Gasteiger partial charge < -0.3 is 15.4 Å². The summed E-state index contributed by atoms with van der Waals surface area (Å²) < 4.78 is 5.17. The number of ether oxygens (including phenoxy) is 1. The van der Waals surface area contributed by atoms with Crippen LogP contribution in [0.4, 0.5) is 0 Å². The van der Waals surface area contributed by atoms with Gasteiger partial charge in [-0.05, 0) is 30.0 Å². The lowest BCUT2D eigenvalue weighted by Gasteiger charge is -2.22. The van der Waals surface area contributed by atoms with E-state index >= 15 is 0 Å². The summed E-state index contributed by atoms with van der Waals surface area (Å²) in [5.74, 6) is 1.20. The van der Waals surface area contributed by atoms with Gasteiger partial charge in [-0.1, -0.05) is 26.0 Å². The topological polar surface area (TPSA) is 55.6 Å². The smallest absolute Gasteiger partial charge is 0.239 e. The van der Waals surface area contributed by atoms with Crippen LogP contribution in [0.25, 0.3) is 0 Å². The zero-order chi connectivity index (χ0) is 14.4. The van der Waals surface area contributed by atoms with Gasteiger partial charge in [0.25, 0.3) is 0 Å². The summed E-state index contributed by atoms with van der Waals surface area (Å²) >= 11 is 0. The molecule has 4 nitrogen and oxygen atoms in total. The van der Waals surface area contributed by atoms with Crippen molar-refractivity contribution in [2.75, 3.05) is 14.2 Å². The molecular formula is C15H24N2O2. The molecular weight excluding hydrogens is 240 g/mol. The molecule has 1 amide bonds. The van der Waals surface area contributed by atoms with Crippen LogP contribution in [0.2, 0.25) is 0 Å². The lowest BCUT2D eigenvalue weighted by Crippen LogP contribution is -2.42. The number of nitrogens with zero attached hydrogens (tertiary/aromatic N) is 1. The maximum absolute atomic E-state index is 12.1. The van der Waals surface area contributed by atoms with Gasteiger partial charge in [0, 0.05) is 13.6 Å². The number of likely N-dealkylation sites (N-methyl/N-ethyl adjacent to an activating group) is 1. The van der Waals surface area contributed by atoms with Crippen LogP contribution < -0.4 is 10.5 Å².